The van der Waals surface area contributed by atoms with Crippen LogP contribution in [0.4, 0.5) is 0 Å². The van der Waals surface area contributed by atoms with Gasteiger partial charge in [-0.25, -0.2) is 4.79 Å². The van der Waals surface area contributed by atoms with Crippen LogP contribution in [0.5, 0.6) is 0 Å². The molecule has 0 unspecified atom stereocenters. The van der Waals surface area contributed by atoms with Crippen LogP contribution in [-0.2, 0) is 11.3 Å². The topological polar surface area (TPSA) is 38.7 Å². The second kappa shape index (κ2) is 6.35. The van der Waals surface area contributed by atoms with Crippen LogP contribution in [0.2, 0.25) is 0 Å². The third kappa shape index (κ3) is 3.19. The highest BCUT2D eigenvalue weighted by atomic mass is 16.7. The Bertz CT molecular complexity index is 662. The summed E-state index contributed by atoms with van der Waals surface area (Å²) in [5, 5.41) is 4.13. The van der Waals surface area contributed by atoms with Gasteiger partial charge in [0.2, 0.25) is 0 Å². The lowest BCUT2D eigenvalue weighted by atomic mass is 10.0. The Hall–Kier alpha value is -2.42. The molecule has 3 rings (SSSR count). The van der Waals surface area contributed by atoms with Crippen molar-refractivity contribution in [2.45, 2.75) is 25.7 Å². The molecular formula is C18H17NO2. The van der Waals surface area contributed by atoms with Crippen LogP contribution in [-0.4, -0.2) is 11.7 Å². The molecule has 0 saturated carbocycles. The van der Waals surface area contributed by atoms with E-state index in [1.54, 1.807) is 12.1 Å². The van der Waals surface area contributed by atoms with E-state index in [2.05, 4.69) is 17.3 Å². The second-order valence-electron chi connectivity index (χ2n) is 5.15. The number of hydrogen-bond acceptors (Lipinski definition) is 3. The second-order valence-corrected chi connectivity index (χ2v) is 5.15. The van der Waals surface area contributed by atoms with E-state index in [4.69, 9.17) is 4.84 Å². The van der Waals surface area contributed by atoms with Gasteiger partial charge in [-0.05, 0) is 43.4 Å². The molecule has 0 heterocycles. The molecule has 2 aromatic rings. The van der Waals surface area contributed by atoms with E-state index in [-0.39, 0.29) is 0 Å². The zero-order valence-corrected chi connectivity index (χ0v) is 11.8. The van der Waals surface area contributed by atoms with E-state index >= 15 is 0 Å². The molecule has 1 aliphatic carbocycles. The Morgan fingerprint density at radius 1 is 0.905 bits per heavy atom. The molecule has 0 atom stereocenters. The molecule has 0 radical (unpaired) electrons. The number of carbonyl (C=O) groups excluding carboxylic acids is 1. The molecule has 0 aromatic heterocycles. The van der Waals surface area contributed by atoms with Crippen molar-refractivity contribution in [1.29, 1.82) is 0 Å². The predicted molar refractivity (Wildman–Crippen MR) is 82.4 cm³/mol. The van der Waals surface area contributed by atoms with Crippen LogP contribution in [0.1, 0.15) is 40.7 Å². The van der Waals surface area contributed by atoms with Crippen molar-refractivity contribution in [3.63, 3.8) is 0 Å². The summed E-state index contributed by atoms with van der Waals surface area (Å²) in [7, 11) is 0. The summed E-state index contributed by atoms with van der Waals surface area (Å²) in [6.45, 7) is 0. The van der Waals surface area contributed by atoms with Crippen LogP contribution >= 0.6 is 0 Å². The Morgan fingerprint density at radius 3 is 2.48 bits per heavy atom. The van der Waals surface area contributed by atoms with E-state index in [0.717, 1.165) is 37.0 Å². The molecule has 3 nitrogen and oxygen atoms in total. The number of aryl methyl sites for hydroxylation is 1. The molecular weight excluding hydrogens is 262 g/mol. The van der Waals surface area contributed by atoms with Gasteiger partial charge in [0.1, 0.15) is 0 Å². The van der Waals surface area contributed by atoms with Gasteiger partial charge >= 0.3 is 5.97 Å². The summed E-state index contributed by atoms with van der Waals surface area (Å²) < 4.78 is 0. The Kier molecular flexibility index (Phi) is 4.10. The third-order valence-corrected chi connectivity index (χ3v) is 3.69. The summed E-state index contributed by atoms with van der Waals surface area (Å²) in [5.41, 5.74) is 3.77. The third-order valence-electron chi connectivity index (χ3n) is 3.69. The van der Waals surface area contributed by atoms with E-state index in [9.17, 15) is 4.79 Å². The zero-order chi connectivity index (χ0) is 14.5. The maximum Gasteiger partial charge on any atom is 0.365 e. The first-order valence-corrected chi connectivity index (χ1v) is 7.26. The van der Waals surface area contributed by atoms with E-state index in [0.29, 0.717) is 5.56 Å². The fourth-order valence-corrected chi connectivity index (χ4v) is 2.58. The first-order valence-electron chi connectivity index (χ1n) is 7.26. The molecule has 3 heteroatoms. The lowest BCUT2D eigenvalue weighted by Gasteiger charge is -2.06. The molecule has 106 valence electrons. The van der Waals surface area contributed by atoms with Gasteiger partial charge in [-0.2, -0.15) is 0 Å². The monoisotopic (exact) mass is 279 g/mol. The number of oxime groups is 1. The number of rotatable bonds is 2. The van der Waals surface area contributed by atoms with E-state index < -0.39 is 5.97 Å². The first-order chi connectivity index (χ1) is 10.3. The van der Waals surface area contributed by atoms with Gasteiger partial charge in [0.25, 0.3) is 0 Å². The van der Waals surface area contributed by atoms with Gasteiger partial charge in [-0.3, -0.25) is 0 Å². The number of hydrogen-bond donors (Lipinski definition) is 0. The first kappa shape index (κ1) is 13.6. The highest BCUT2D eigenvalue weighted by Crippen LogP contribution is 2.21. The van der Waals surface area contributed by atoms with Crippen molar-refractivity contribution in [3.8, 4) is 0 Å². The van der Waals surface area contributed by atoms with Gasteiger partial charge in [0, 0.05) is 5.56 Å². The minimum atomic E-state index is -0.412. The van der Waals surface area contributed by atoms with Crippen molar-refractivity contribution < 1.29 is 9.63 Å². The van der Waals surface area contributed by atoms with Crippen molar-refractivity contribution >= 4 is 11.7 Å². The number of nitrogens with zero attached hydrogens (tertiary/aromatic N) is 1. The lowest BCUT2D eigenvalue weighted by Crippen LogP contribution is -2.06. The van der Waals surface area contributed by atoms with Crippen LogP contribution in [0.15, 0.2) is 59.8 Å². The minimum absolute atomic E-state index is 0.412. The fraction of sp³-hybridized carbons (Fsp3) is 0.222. The molecule has 0 N–H and O–H groups in total. The van der Waals surface area contributed by atoms with Crippen LogP contribution in [0.25, 0.3) is 0 Å². The quantitative estimate of drug-likeness (QED) is 0.474. The van der Waals surface area contributed by atoms with Crippen molar-refractivity contribution in [2.75, 3.05) is 0 Å². The Labute approximate surface area is 124 Å². The highest BCUT2D eigenvalue weighted by molar-refractivity contribution is 6.02. The standard InChI is InChI=1S/C18H17NO2/c20-18(15-10-2-1-3-11-15)21-19-17-13-7-5-9-14-8-4-6-12-16(14)17/h1-4,6,8,10-12H,5,7,9,13H2. The number of benzene rings is 2. The summed E-state index contributed by atoms with van der Waals surface area (Å²) in [4.78, 5) is 17.1. The van der Waals surface area contributed by atoms with Crippen molar-refractivity contribution in [2.24, 2.45) is 5.16 Å². The van der Waals surface area contributed by atoms with Crippen LogP contribution < -0.4 is 0 Å². The largest absolute Gasteiger partial charge is 0.365 e. The van der Waals surface area contributed by atoms with E-state index in [1.165, 1.54) is 5.56 Å². The molecule has 0 saturated heterocycles. The Balaban J connectivity index is 1.82. The normalized spacial score (nSPS) is 16.1. The smallest absolute Gasteiger partial charge is 0.313 e. The molecule has 2 aromatic carbocycles. The zero-order valence-electron chi connectivity index (χ0n) is 11.8. The average molecular weight is 279 g/mol. The van der Waals surface area contributed by atoms with Gasteiger partial charge in [0.05, 0.1) is 11.3 Å². The maximum absolute atomic E-state index is 12.0. The highest BCUT2D eigenvalue weighted by Gasteiger charge is 2.15. The molecule has 21 heavy (non-hydrogen) atoms. The minimum Gasteiger partial charge on any atom is -0.313 e. The molecule has 0 aliphatic heterocycles. The summed E-state index contributed by atoms with van der Waals surface area (Å²) in [5.74, 6) is -0.412. The van der Waals surface area contributed by atoms with Gasteiger partial charge in [-0.15, -0.1) is 0 Å². The Morgan fingerprint density at radius 2 is 1.62 bits per heavy atom. The van der Waals surface area contributed by atoms with Gasteiger partial charge in [0.15, 0.2) is 0 Å². The molecule has 0 bridgehead atoms. The van der Waals surface area contributed by atoms with Crippen LogP contribution in [0, 0.1) is 0 Å². The molecule has 0 fully saturated rings. The fourth-order valence-electron chi connectivity index (χ4n) is 2.58. The maximum atomic E-state index is 12.0. The average Bonchev–Trinajstić information content (AvgIpc) is 2.76. The van der Waals surface area contributed by atoms with E-state index in [1.807, 2.05) is 30.3 Å². The predicted octanol–water partition coefficient (Wildman–Crippen LogP) is 3.97. The summed E-state index contributed by atoms with van der Waals surface area (Å²) in [6.07, 6.45) is 4.11. The van der Waals surface area contributed by atoms with Crippen molar-refractivity contribution in [3.05, 3.63) is 71.3 Å². The summed E-state index contributed by atoms with van der Waals surface area (Å²) >= 11 is 0. The van der Waals surface area contributed by atoms with Crippen LogP contribution in [0.3, 0.4) is 0 Å². The number of carbonyl (C=O) groups is 1. The number of fused-ring (bicyclic) bond motifs is 1. The lowest BCUT2D eigenvalue weighted by molar-refractivity contribution is 0.0515. The summed E-state index contributed by atoms with van der Waals surface area (Å²) in [6, 6.07) is 17.1. The molecule has 0 spiro atoms. The SMILES string of the molecule is O=C(ON=C1CCCCc2ccccc21)c1ccccc1. The molecule has 1 aliphatic rings. The molecule has 0 amide bonds. The van der Waals surface area contributed by atoms with Gasteiger partial charge in [-0.1, -0.05) is 47.6 Å². The van der Waals surface area contributed by atoms with Gasteiger partial charge < -0.3 is 4.84 Å². The van der Waals surface area contributed by atoms with Crippen molar-refractivity contribution in [1.82, 2.24) is 0 Å².